The normalized spacial score (nSPS) is 24.0. The number of carbonyl (C=O) groups excluding carboxylic acids is 3. The van der Waals surface area contributed by atoms with Crippen molar-refractivity contribution < 1.29 is 38.1 Å². The highest BCUT2D eigenvalue weighted by Gasteiger charge is 2.38. The molecule has 1 N–H and O–H groups in total. The standard InChI is InChI=1S/C24H35NO8/c1-6-7-13-30-19-15-29-14-18(25-23(28)33-24(3,4)5)22(27)31-16(2)20(19)32-21(26)17-11-9-8-10-12-17/h8-12,16,18-20H,6-7,13-15H2,1-5H3,(H,25,28). The summed E-state index contributed by atoms with van der Waals surface area (Å²) >= 11 is 0. The van der Waals surface area contributed by atoms with E-state index in [9.17, 15) is 14.4 Å². The first kappa shape index (κ1) is 26.6. The van der Waals surface area contributed by atoms with Crippen LogP contribution in [0.2, 0.25) is 0 Å². The molecule has 1 amide bonds. The molecule has 4 atom stereocenters. The van der Waals surface area contributed by atoms with Crippen LogP contribution >= 0.6 is 0 Å². The highest BCUT2D eigenvalue weighted by Crippen LogP contribution is 2.19. The Hall–Kier alpha value is -2.65. The van der Waals surface area contributed by atoms with Crippen molar-refractivity contribution in [3.05, 3.63) is 35.9 Å². The Morgan fingerprint density at radius 2 is 1.85 bits per heavy atom. The highest BCUT2D eigenvalue weighted by molar-refractivity contribution is 5.89. The summed E-state index contributed by atoms with van der Waals surface area (Å²) in [6, 6.07) is 7.45. The van der Waals surface area contributed by atoms with Crippen LogP contribution in [-0.4, -0.2) is 67.8 Å². The molecule has 9 heteroatoms. The highest BCUT2D eigenvalue weighted by atomic mass is 16.6. The van der Waals surface area contributed by atoms with Crippen LogP contribution in [0.4, 0.5) is 4.79 Å². The number of amides is 1. The van der Waals surface area contributed by atoms with Crippen LogP contribution in [0.15, 0.2) is 30.3 Å². The second kappa shape index (κ2) is 12.6. The molecule has 1 heterocycles. The fourth-order valence-corrected chi connectivity index (χ4v) is 3.11. The van der Waals surface area contributed by atoms with Crippen LogP contribution in [0, 0.1) is 0 Å². The molecule has 9 nitrogen and oxygen atoms in total. The molecular formula is C24H35NO8. The number of alkyl carbamates (subject to hydrolysis) is 1. The SMILES string of the molecule is CCCCOC1COCC(NC(=O)OC(C)(C)C)C(=O)OC(C)C1OC(=O)c1ccccc1. The van der Waals surface area contributed by atoms with Gasteiger partial charge in [-0.2, -0.15) is 0 Å². The summed E-state index contributed by atoms with van der Waals surface area (Å²) in [5.41, 5.74) is -0.358. The zero-order valence-electron chi connectivity index (χ0n) is 20.0. The van der Waals surface area contributed by atoms with Gasteiger partial charge in [0, 0.05) is 6.61 Å². The van der Waals surface area contributed by atoms with Crippen molar-refractivity contribution in [3.8, 4) is 0 Å². The lowest BCUT2D eigenvalue weighted by atomic mass is 10.1. The minimum absolute atomic E-state index is 0.0456. The van der Waals surface area contributed by atoms with Crippen molar-refractivity contribution in [2.75, 3.05) is 19.8 Å². The van der Waals surface area contributed by atoms with E-state index < -0.39 is 48.0 Å². The number of benzene rings is 1. The van der Waals surface area contributed by atoms with Gasteiger partial charge in [0.25, 0.3) is 0 Å². The molecule has 0 saturated carbocycles. The number of esters is 2. The summed E-state index contributed by atoms with van der Waals surface area (Å²) in [6.07, 6.45) is -1.43. The molecule has 0 aliphatic carbocycles. The Bertz CT molecular complexity index is 776. The number of unbranched alkanes of at least 4 members (excludes halogenated alkanes) is 1. The van der Waals surface area contributed by atoms with Crippen LogP contribution in [-0.2, 0) is 28.5 Å². The molecule has 184 valence electrons. The predicted octanol–water partition coefficient (Wildman–Crippen LogP) is 3.25. The molecular weight excluding hydrogens is 430 g/mol. The van der Waals surface area contributed by atoms with Crippen LogP contribution in [0.25, 0.3) is 0 Å². The second-order valence-corrected chi connectivity index (χ2v) is 8.88. The number of cyclic esters (lactones) is 1. The van der Waals surface area contributed by atoms with Gasteiger partial charge in [-0.3, -0.25) is 0 Å². The molecule has 1 saturated heterocycles. The van der Waals surface area contributed by atoms with Crippen molar-refractivity contribution in [1.29, 1.82) is 0 Å². The third-order valence-electron chi connectivity index (χ3n) is 4.76. The zero-order chi connectivity index (χ0) is 24.4. The molecule has 33 heavy (non-hydrogen) atoms. The van der Waals surface area contributed by atoms with Crippen molar-refractivity contribution >= 4 is 18.0 Å². The van der Waals surface area contributed by atoms with Crippen molar-refractivity contribution in [2.45, 2.75) is 77.4 Å². The maximum Gasteiger partial charge on any atom is 0.408 e. The third kappa shape index (κ3) is 9.01. The van der Waals surface area contributed by atoms with E-state index in [0.717, 1.165) is 12.8 Å². The Balaban J connectivity index is 2.16. The van der Waals surface area contributed by atoms with Gasteiger partial charge in [-0.25, -0.2) is 14.4 Å². The van der Waals surface area contributed by atoms with Gasteiger partial charge in [0.15, 0.2) is 12.1 Å². The summed E-state index contributed by atoms with van der Waals surface area (Å²) in [5.74, 6) is -1.28. The van der Waals surface area contributed by atoms with E-state index in [2.05, 4.69) is 5.32 Å². The van der Waals surface area contributed by atoms with Crippen LogP contribution in [0.1, 0.15) is 57.8 Å². The first-order chi connectivity index (χ1) is 15.6. The number of hydrogen-bond donors (Lipinski definition) is 1. The van der Waals surface area contributed by atoms with E-state index >= 15 is 0 Å². The Labute approximate surface area is 195 Å². The Morgan fingerprint density at radius 3 is 2.48 bits per heavy atom. The fraction of sp³-hybridized carbons (Fsp3) is 0.625. The summed E-state index contributed by atoms with van der Waals surface area (Å²) in [4.78, 5) is 37.6. The molecule has 0 radical (unpaired) electrons. The third-order valence-corrected chi connectivity index (χ3v) is 4.76. The minimum Gasteiger partial charge on any atom is -0.457 e. The Morgan fingerprint density at radius 1 is 1.15 bits per heavy atom. The Kier molecular flexibility index (Phi) is 10.1. The van der Waals surface area contributed by atoms with E-state index in [4.69, 9.17) is 23.7 Å². The van der Waals surface area contributed by atoms with Gasteiger partial charge in [0.2, 0.25) is 0 Å². The molecule has 1 aliphatic heterocycles. The molecule has 1 aliphatic rings. The summed E-state index contributed by atoms with van der Waals surface area (Å²) in [7, 11) is 0. The maximum absolute atomic E-state index is 12.7. The van der Waals surface area contributed by atoms with Gasteiger partial charge in [-0.05, 0) is 46.2 Å². The molecule has 1 fully saturated rings. The maximum atomic E-state index is 12.7. The van der Waals surface area contributed by atoms with Crippen molar-refractivity contribution in [1.82, 2.24) is 5.32 Å². The zero-order valence-corrected chi connectivity index (χ0v) is 20.0. The first-order valence-corrected chi connectivity index (χ1v) is 11.3. The van der Waals surface area contributed by atoms with E-state index in [1.807, 2.05) is 6.92 Å². The summed E-state index contributed by atoms with van der Waals surface area (Å²) in [6.45, 7) is 9.15. The van der Waals surface area contributed by atoms with Gasteiger partial charge < -0.3 is 29.0 Å². The number of hydrogen-bond acceptors (Lipinski definition) is 8. The molecule has 4 unspecified atom stereocenters. The van der Waals surface area contributed by atoms with Gasteiger partial charge in [0.05, 0.1) is 18.8 Å². The summed E-state index contributed by atoms with van der Waals surface area (Å²) in [5, 5.41) is 2.48. The average molecular weight is 466 g/mol. The minimum atomic E-state index is -1.08. The quantitative estimate of drug-likeness (QED) is 0.371. The lowest BCUT2D eigenvalue weighted by molar-refractivity contribution is -0.161. The number of ether oxygens (including phenoxy) is 5. The van der Waals surface area contributed by atoms with Gasteiger partial charge >= 0.3 is 18.0 Å². The van der Waals surface area contributed by atoms with Crippen LogP contribution < -0.4 is 5.32 Å². The van der Waals surface area contributed by atoms with Crippen LogP contribution in [0.3, 0.4) is 0 Å². The van der Waals surface area contributed by atoms with Gasteiger partial charge in [0.1, 0.15) is 17.8 Å². The van der Waals surface area contributed by atoms with Crippen molar-refractivity contribution in [3.63, 3.8) is 0 Å². The molecule has 0 aromatic heterocycles. The second-order valence-electron chi connectivity index (χ2n) is 8.88. The number of carbonyl (C=O) groups is 3. The average Bonchev–Trinajstić information content (AvgIpc) is 2.79. The van der Waals surface area contributed by atoms with E-state index in [-0.39, 0.29) is 13.2 Å². The van der Waals surface area contributed by atoms with Gasteiger partial charge in [-0.15, -0.1) is 0 Å². The smallest absolute Gasteiger partial charge is 0.408 e. The molecule has 1 aromatic carbocycles. The van der Waals surface area contributed by atoms with Crippen molar-refractivity contribution in [2.24, 2.45) is 0 Å². The monoisotopic (exact) mass is 465 g/mol. The lowest BCUT2D eigenvalue weighted by Gasteiger charge is -2.30. The van der Waals surface area contributed by atoms with E-state index in [1.165, 1.54) is 0 Å². The number of rotatable bonds is 7. The molecule has 0 spiro atoms. The summed E-state index contributed by atoms with van der Waals surface area (Å²) < 4.78 is 28.1. The largest absolute Gasteiger partial charge is 0.457 e. The van der Waals surface area contributed by atoms with Gasteiger partial charge in [-0.1, -0.05) is 31.5 Å². The first-order valence-electron chi connectivity index (χ1n) is 11.3. The molecule has 2 rings (SSSR count). The molecule has 1 aromatic rings. The molecule has 0 bridgehead atoms. The van der Waals surface area contributed by atoms with Crippen LogP contribution in [0.5, 0.6) is 0 Å². The topological polar surface area (TPSA) is 109 Å². The number of nitrogens with one attached hydrogen (secondary N) is 1. The fourth-order valence-electron chi connectivity index (χ4n) is 3.11. The lowest BCUT2D eigenvalue weighted by Crippen LogP contribution is -2.48. The van der Waals surface area contributed by atoms with E-state index in [0.29, 0.717) is 12.2 Å². The van der Waals surface area contributed by atoms with E-state index in [1.54, 1.807) is 58.0 Å². The predicted molar refractivity (Wildman–Crippen MR) is 120 cm³/mol.